The van der Waals surface area contributed by atoms with Gasteiger partial charge in [-0.15, -0.1) is 0 Å². The first-order valence-corrected chi connectivity index (χ1v) is 7.24. The minimum absolute atomic E-state index is 0.260. The molecule has 3 heteroatoms. The summed E-state index contributed by atoms with van der Waals surface area (Å²) in [6, 6.07) is 6.13. The topological polar surface area (TPSA) is 23.5 Å². The maximum atomic E-state index is 12.8. The summed E-state index contributed by atoms with van der Waals surface area (Å²) in [7, 11) is 0. The molecule has 106 valence electrons. The fraction of sp³-hybridized carbons (Fsp3) is 0.412. The van der Waals surface area contributed by atoms with Gasteiger partial charge in [0, 0.05) is 19.6 Å². The van der Waals surface area contributed by atoms with Gasteiger partial charge in [-0.3, -0.25) is 4.90 Å². The van der Waals surface area contributed by atoms with Crippen molar-refractivity contribution in [1.82, 2.24) is 4.90 Å². The van der Waals surface area contributed by atoms with Gasteiger partial charge in [0.1, 0.15) is 5.82 Å². The summed E-state index contributed by atoms with van der Waals surface area (Å²) in [6.07, 6.45) is 7.92. The number of aliphatic hydroxyl groups excluding tert-OH is 1. The minimum atomic E-state index is -0.509. The summed E-state index contributed by atoms with van der Waals surface area (Å²) in [4.78, 5) is 2.40. The van der Waals surface area contributed by atoms with Crippen molar-refractivity contribution in [2.75, 3.05) is 19.6 Å². The molecule has 1 aliphatic heterocycles. The molecule has 0 spiro atoms. The lowest BCUT2D eigenvalue weighted by Gasteiger charge is -2.18. The van der Waals surface area contributed by atoms with Crippen LogP contribution in [-0.2, 0) is 0 Å². The van der Waals surface area contributed by atoms with E-state index < -0.39 is 6.10 Å². The van der Waals surface area contributed by atoms with Crippen molar-refractivity contribution in [3.05, 3.63) is 59.4 Å². The number of rotatable bonds is 4. The highest BCUT2D eigenvalue weighted by Crippen LogP contribution is 2.29. The lowest BCUT2D eigenvalue weighted by atomic mass is 9.95. The van der Waals surface area contributed by atoms with Gasteiger partial charge < -0.3 is 5.11 Å². The van der Waals surface area contributed by atoms with Gasteiger partial charge in [-0.05, 0) is 36.5 Å². The molecule has 2 atom stereocenters. The van der Waals surface area contributed by atoms with Crippen LogP contribution in [0, 0.1) is 11.7 Å². The number of likely N-dealkylation sites (tertiary alicyclic amines) is 1. The van der Waals surface area contributed by atoms with Crippen LogP contribution >= 0.6 is 0 Å². The third-order valence-electron chi connectivity index (χ3n) is 4.25. The van der Waals surface area contributed by atoms with Crippen LogP contribution in [-0.4, -0.2) is 29.6 Å². The van der Waals surface area contributed by atoms with Gasteiger partial charge in [0.2, 0.25) is 0 Å². The van der Waals surface area contributed by atoms with E-state index in [2.05, 4.69) is 23.1 Å². The van der Waals surface area contributed by atoms with Gasteiger partial charge in [-0.1, -0.05) is 35.9 Å². The zero-order chi connectivity index (χ0) is 13.9. The Labute approximate surface area is 119 Å². The molecule has 0 saturated carbocycles. The number of hydrogen-bond donors (Lipinski definition) is 1. The van der Waals surface area contributed by atoms with Crippen LogP contribution in [0.2, 0.25) is 0 Å². The molecule has 0 aromatic heterocycles. The molecular weight excluding hydrogens is 253 g/mol. The molecule has 20 heavy (non-hydrogen) atoms. The first kappa shape index (κ1) is 13.5. The van der Waals surface area contributed by atoms with Gasteiger partial charge in [0.15, 0.2) is 0 Å². The second kappa shape index (κ2) is 5.90. The summed E-state index contributed by atoms with van der Waals surface area (Å²) in [6.45, 7) is 2.99. The molecule has 1 aliphatic carbocycles. The van der Waals surface area contributed by atoms with Crippen LogP contribution in [0.15, 0.2) is 48.1 Å². The first-order valence-electron chi connectivity index (χ1n) is 7.24. The van der Waals surface area contributed by atoms with Gasteiger partial charge in [-0.25, -0.2) is 4.39 Å². The predicted molar refractivity (Wildman–Crippen MR) is 77.7 cm³/mol. The number of halogens is 1. The van der Waals surface area contributed by atoms with Crippen molar-refractivity contribution in [1.29, 1.82) is 0 Å². The van der Waals surface area contributed by atoms with E-state index in [4.69, 9.17) is 0 Å². The average Bonchev–Trinajstić information content (AvgIpc) is 2.88. The van der Waals surface area contributed by atoms with Crippen molar-refractivity contribution in [3.8, 4) is 0 Å². The Hall–Kier alpha value is -1.45. The van der Waals surface area contributed by atoms with Crippen molar-refractivity contribution in [3.63, 3.8) is 0 Å². The minimum Gasteiger partial charge on any atom is -0.388 e. The average molecular weight is 273 g/mol. The van der Waals surface area contributed by atoms with Crippen molar-refractivity contribution in [2.45, 2.75) is 18.9 Å². The van der Waals surface area contributed by atoms with E-state index in [1.165, 1.54) is 17.7 Å². The molecule has 1 N–H and O–H groups in total. The second-order valence-corrected chi connectivity index (χ2v) is 5.69. The smallest absolute Gasteiger partial charge is 0.123 e. The lowest BCUT2D eigenvalue weighted by molar-refractivity contribution is 0.148. The molecule has 0 bridgehead atoms. The molecule has 1 fully saturated rings. The fourth-order valence-electron chi connectivity index (χ4n) is 3.06. The monoisotopic (exact) mass is 273 g/mol. The maximum absolute atomic E-state index is 12.8. The van der Waals surface area contributed by atoms with E-state index in [1.807, 2.05) is 0 Å². The standard InChI is InChI=1S/C17H20FNO/c18-16-7-5-13(6-8-16)17(20)9-10-19-11-14-3-1-2-4-15(14)12-19/h1-3,5-8,15,17,20H,4,9-12H2. The van der Waals surface area contributed by atoms with Crippen molar-refractivity contribution in [2.24, 2.45) is 5.92 Å². The van der Waals surface area contributed by atoms with E-state index in [1.54, 1.807) is 12.1 Å². The van der Waals surface area contributed by atoms with Crippen molar-refractivity contribution >= 4 is 0 Å². The van der Waals surface area contributed by atoms with Crippen LogP contribution < -0.4 is 0 Å². The van der Waals surface area contributed by atoms with Gasteiger partial charge in [-0.2, -0.15) is 0 Å². The Morgan fingerprint density at radius 3 is 2.85 bits per heavy atom. The Balaban J connectivity index is 1.51. The Morgan fingerprint density at radius 2 is 2.10 bits per heavy atom. The normalized spacial score (nSPS) is 23.5. The molecule has 2 aliphatic rings. The van der Waals surface area contributed by atoms with E-state index in [9.17, 15) is 9.50 Å². The molecule has 3 rings (SSSR count). The maximum Gasteiger partial charge on any atom is 0.123 e. The molecule has 0 amide bonds. The Bertz CT molecular complexity index is 520. The number of aliphatic hydroxyl groups is 1. The van der Waals surface area contributed by atoms with Crippen LogP contribution in [0.3, 0.4) is 0 Å². The molecule has 1 heterocycles. The quantitative estimate of drug-likeness (QED) is 0.911. The highest BCUT2D eigenvalue weighted by atomic mass is 19.1. The van der Waals surface area contributed by atoms with Crippen LogP contribution in [0.1, 0.15) is 24.5 Å². The van der Waals surface area contributed by atoms with E-state index in [-0.39, 0.29) is 5.82 Å². The SMILES string of the molecule is OC(CCN1CC2=CC=CCC2C1)c1ccc(F)cc1. The van der Waals surface area contributed by atoms with Crippen LogP contribution in [0.5, 0.6) is 0 Å². The zero-order valence-corrected chi connectivity index (χ0v) is 11.5. The number of benzene rings is 1. The molecule has 0 radical (unpaired) electrons. The van der Waals surface area contributed by atoms with E-state index >= 15 is 0 Å². The molecule has 1 aromatic rings. The third-order valence-corrected chi connectivity index (χ3v) is 4.25. The number of allylic oxidation sites excluding steroid dienone is 3. The lowest BCUT2D eigenvalue weighted by Crippen LogP contribution is -2.23. The summed E-state index contributed by atoms with van der Waals surface area (Å²) >= 11 is 0. The number of hydrogen-bond acceptors (Lipinski definition) is 2. The highest BCUT2D eigenvalue weighted by molar-refractivity contribution is 5.25. The number of fused-ring (bicyclic) bond motifs is 1. The highest BCUT2D eigenvalue weighted by Gasteiger charge is 2.27. The van der Waals surface area contributed by atoms with E-state index in [0.717, 1.165) is 31.6 Å². The van der Waals surface area contributed by atoms with Gasteiger partial charge in [0.05, 0.1) is 6.10 Å². The molecule has 1 aromatic carbocycles. The van der Waals surface area contributed by atoms with Crippen LogP contribution in [0.4, 0.5) is 4.39 Å². The van der Waals surface area contributed by atoms with Gasteiger partial charge >= 0.3 is 0 Å². The summed E-state index contributed by atoms with van der Waals surface area (Å²) in [5.74, 6) is 0.409. The fourth-order valence-corrected chi connectivity index (χ4v) is 3.06. The van der Waals surface area contributed by atoms with Crippen LogP contribution in [0.25, 0.3) is 0 Å². The third kappa shape index (κ3) is 3.00. The molecule has 1 saturated heterocycles. The first-order chi connectivity index (χ1) is 9.72. The number of nitrogens with zero attached hydrogens (tertiary/aromatic N) is 1. The molecular formula is C17H20FNO. The summed E-state index contributed by atoms with van der Waals surface area (Å²) in [5, 5.41) is 10.2. The molecule has 2 nitrogen and oxygen atoms in total. The van der Waals surface area contributed by atoms with Gasteiger partial charge in [0.25, 0.3) is 0 Å². The zero-order valence-electron chi connectivity index (χ0n) is 11.5. The Morgan fingerprint density at radius 1 is 1.30 bits per heavy atom. The summed E-state index contributed by atoms with van der Waals surface area (Å²) in [5.41, 5.74) is 2.31. The largest absolute Gasteiger partial charge is 0.388 e. The second-order valence-electron chi connectivity index (χ2n) is 5.69. The Kier molecular flexibility index (Phi) is 3.99. The predicted octanol–water partition coefficient (Wildman–Crippen LogP) is 3.07. The molecule has 2 unspecified atom stereocenters. The van der Waals surface area contributed by atoms with Crippen molar-refractivity contribution < 1.29 is 9.50 Å². The summed E-state index contributed by atoms with van der Waals surface area (Å²) < 4.78 is 12.8. The van der Waals surface area contributed by atoms with E-state index in [0.29, 0.717) is 12.3 Å².